The van der Waals surface area contributed by atoms with E-state index in [2.05, 4.69) is 15.5 Å². The first-order valence-electron chi connectivity index (χ1n) is 5.95. The fraction of sp³-hybridized carbons (Fsp3) is 0.231. The molecule has 1 amide bonds. The van der Waals surface area contributed by atoms with Gasteiger partial charge in [0.05, 0.1) is 11.8 Å². The molecule has 2 N–H and O–H groups in total. The number of hydrogen-bond acceptors (Lipinski definition) is 2. The van der Waals surface area contributed by atoms with Crippen LogP contribution in [0.25, 0.3) is 0 Å². The standard InChI is InChI=1S/C13H10F3N3O/c14-13(15,16)8-3-1-7(2-4-8)9-5-11(20)18-12-10(9)6-17-19-12/h1-4,6,9H,5H2,(H2,17,18,19,20)/t9-/m0/s1. The molecule has 0 spiro atoms. The van der Waals surface area contributed by atoms with Gasteiger partial charge in [0.2, 0.25) is 5.91 Å². The maximum absolute atomic E-state index is 12.5. The summed E-state index contributed by atoms with van der Waals surface area (Å²) in [4.78, 5) is 11.6. The van der Waals surface area contributed by atoms with Crippen molar-refractivity contribution in [3.8, 4) is 0 Å². The van der Waals surface area contributed by atoms with E-state index in [-0.39, 0.29) is 18.2 Å². The Kier molecular flexibility index (Phi) is 2.77. The number of benzene rings is 1. The number of anilines is 1. The molecule has 3 rings (SSSR count). The van der Waals surface area contributed by atoms with Gasteiger partial charge in [-0.05, 0) is 17.7 Å². The summed E-state index contributed by atoms with van der Waals surface area (Å²) >= 11 is 0. The molecule has 1 aromatic carbocycles. The van der Waals surface area contributed by atoms with Gasteiger partial charge in [0, 0.05) is 17.9 Å². The third-order valence-electron chi connectivity index (χ3n) is 3.34. The second kappa shape index (κ2) is 4.36. The molecular weight excluding hydrogens is 271 g/mol. The number of aromatic nitrogens is 2. The number of halogens is 3. The van der Waals surface area contributed by atoms with Crippen molar-refractivity contribution in [3.63, 3.8) is 0 Å². The fourth-order valence-electron chi connectivity index (χ4n) is 2.35. The molecule has 4 nitrogen and oxygen atoms in total. The Balaban J connectivity index is 1.96. The van der Waals surface area contributed by atoms with Crippen molar-refractivity contribution in [3.05, 3.63) is 47.2 Å². The van der Waals surface area contributed by atoms with Crippen LogP contribution in [0, 0.1) is 0 Å². The highest BCUT2D eigenvalue weighted by molar-refractivity contribution is 5.94. The molecule has 7 heteroatoms. The molecule has 20 heavy (non-hydrogen) atoms. The Morgan fingerprint density at radius 3 is 2.55 bits per heavy atom. The second-order valence-corrected chi connectivity index (χ2v) is 4.62. The Bertz CT molecular complexity index is 646. The number of H-pyrrole nitrogens is 1. The topological polar surface area (TPSA) is 57.8 Å². The van der Waals surface area contributed by atoms with Crippen molar-refractivity contribution in [2.24, 2.45) is 0 Å². The lowest BCUT2D eigenvalue weighted by Crippen LogP contribution is -2.23. The molecule has 0 unspecified atom stereocenters. The van der Waals surface area contributed by atoms with Crippen molar-refractivity contribution in [2.75, 3.05) is 5.32 Å². The van der Waals surface area contributed by atoms with Crippen LogP contribution in [0.3, 0.4) is 0 Å². The summed E-state index contributed by atoms with van der Waals surface area (Å²) in [6, 6.07) is 4.87. The SMILES string of the molecule is O=C1C[C@@H](c2ccc(C(F)(F)F)cc2)c2cn[nH]c2N1. The highest BCUT2D eigenvalue weighted by atomic mass is 19.4. The van der Waals surface area contributed by atoms with Crippen molar-refractivity contribution in [1.82, 2.24) is 10.2 Å². The first kappa shape index (κ1) is 12.7. The van der Waals surface area contributed by atoms with E-state index in [9.17, 15) is 18.0 Å². The minimum absolute atomic E-state index is 0.188. The zero-order chi connectivity index (χ0) is 14.3. The van der Waals surface area contributed by atoms with Crippen molar-refractivity contribution < 1.29 is 18.0 Å². The Morgan fingerprint density at radius 1 is 1.20 bits per heavy atom. The molecule has 0 aliphatic carbocycles. The average molecular weight is 281 g/mol. The van der Waals surface area contributed by atoms with Gasteiger partial charge in [-0.25, -0.2) is 0 Å². The maximum atomic E-state index is 12.5. The second-order valence-electron chi connectivity index (χ2n) is 4.62. The highest BCUT2D eigenvalue weighted by Gasteiger charge is 2.32. The summed E-state index contributed by atoms with van der Waals surface area (Å²) < 4.78 is 37.6. The number of carbonyl (C=O) groups is 1. The monoisotopic (exact) mass is 281 g/mol. The summed E-state index contributed by atoms with van der Waals surface area (Å²) in [7, 11) is 0. The zero-order valence-electron chi connectivity index (χ0n) is 10.2. The average Bonchev–Trinajstić information content (AvgIpc) is 2.85. The number of rotatable bonds is 1. The first-order valence-corrected chi connectivity index (χ1v) is 5.95. The minimum atomic E-state index is -4.36. The molecule has 1 atom stereocenters. The van der Waals surface area contributed by atoms with Crippen molar-refractivity contribution in [1.29, 1.82) is 0 Å². The lowest BCUT2D eigenvalue weighted by molar-refractivity contribution is -0.137. The van der Waals surface area contributed by atoms with E-state index in [1.54, 1.807) is 6.20 Å². The third kappa shape index (κ3) is 2.15. The number of nitrogens with zero attached hydrogens (tertiary/aromatic N) is 1. The van der Waals surface area contributed by atoms with Crippen LogP contribution in [0.15, 0.2) is 30.5 Å². The predicted octanol–water partition coefficient (Wildman–Crippen LogP) is 2.90. The number of carbonyl (C=O) groups excluding carboxylic acids is 1. The summed E-state index contributed by atoms with van der Waals surface area (Å²) in [5.74, 6) is 0.0394. The molecule has 104 valence electrons. The lowest BCUT2D eigenvalue weighted by Gasteiger charge is -2.22. The molecule has 0 fully saturated rings. The number of aromatic amines is 1. The van der Waals surface area contributed by atoms with Gasteiger partial charge in [-0.3, -0.25) is 9.89 Å². The van der Waals surface area contributed by atoms with Gasteiger partial charge in [-0.2, -0.15) is 18.3 Å². The molecule has 1 aromatic heterocycles. The van der Waals surface area contributed by atoms with Gasteiger partial charge in [-0.1, -0.05) is 12.1 Å². The first-order chi connectivity index (χ1) is 9.45. The van der Waals surface area contributed by atoms with E-state index in [1.165, 1.54) is 12.1 Å². The third-order valence-corrected chi connectivity index (χ3v) is 3.34. The summed E-state index contributed by atoms with van der Waals surface area (Å²) in [6.45, 7) is 0. The maximum Gasteiger partial charge on any atom is 0.416 e. The smallest absolute Gasteiger partial charge is 0.311 e. The zero-order valence-corrected chi connectivity index (χ0v) is 10.2. The van der Waals surface area contributed by atoms with Crippen LogP contribution in [0.4, 0.5) is 19.0 Å². The molecule has 2 heterocycles. The van der Waals surface area contributed by atoms with Crippen molar-refractivity contribution >= 4 is 11.7 Å². The largest absolute Gasteiger partial charge is 0.416 e. The Labute approximate surface area is 112 Å². The van der Waals surface area contributed by atoms with Gasteiger partial charge in [0.15, 0.2) is 0 Å². The van der Waals surface area contributed by atoms with E-state index in [4.69, 9.17) is 0 Å². The number of nitrogens with one attached hydrogen (secondary N) is 2. The van der Waals surface area contributed by atoms with Crippen LogP contribution in [0.1, 0.15) is 29.0 Å². The Hall–Kier alpha value is -2.31. The normalized spacial score (nSPS) is 18.6. The van der Waals surface area contributed by atoms with Crippen LogP contribution < -0.4 is 5.32 Å². The molecule has 0 bridgehead atoms. The van der Waals surface area contributed by atoms with E-state index >= 15 is 0 Å². The molecule has 2 aromatic rings. The van der Waals surface area contributed by atoms with Gasteiger partial charge in [0.1, 0.15) is 5.82 Å². The Morgan fingerprint density at radius 2 is 1.90 bits per heavy atom. The summed E-state index contributed by atoms with van der Waals surface area (Å²) in [5.41, 5.74) is 0.744. The van der Waals surface area contributed by atoms with Crippen LogP contribution in [-0.4, -0.2) is 16.1 Å². The van der Waals surface area contributed by atoms with E-state index < -0.39 is 11.7 Å². The van der Waals surface area contributed by atoms with Crippen LogP contribution >= 0.6 is 0 Å². The number of amides is 1. The quantitative estimate of drug-likeness (QED) is 0.844. The van der Waals surface area contributed by atoms with Crippen LogP contribution in [0.5, 0.6) is 0 Å². The van der Waals surface area contributed by atoms with Crippen molar-refractivity contribution in [2.45, 2.75) is 18.5 Å². The summed E-state index contributed by atoms with van der Waals surface area (Å²) in [6.07, 6.45) is -2.59. The van der Waals surface area contributed by atoms with E-state index in [0.29, 0.717) is 11.4 Å². The van der Waals surface area contributed by atoms with E-state index in [1.807, 2.05) is 0 Å². The van der Waals surface area contributed by atoms with Gasteiger partial charge in [0.25, 0.3) is 0 Å². The number of alkyl halides is 3. The van der Waals surface area contributed by atoms with Gasteiger partial charge in [-0.15, -0.1) is 0 Å². The molecule has 1 aliphatic rings. The van der Waals surface area contributed by atoms with Gasteiger partial charge < -0.3 is 5.32 Å². The van der Waals surface area contributed by atoms with Gasteiger partial charge >= 0.3 is 6.18 Å². The molecule has 0 saturated carbocycles. The van der Waals surface area contributed by atoms with Crippen LogP contribution in [-0.2, 0) is 11.0 Å². The highest BCUT2D eigenvalue weighted by Crippen LogP contribution is 2.37. The molecule has 1 aliphatic heterocycles. The van der Waals surface area contributed by atoms with E-state index in [0.717, 1.165) is 17.7 Å². The number of hydrogen-bond donors (Lipinski definition) is 2. The van der Waals surface area contributed by atoms with Crippen LogP contribution in [0.2, 0.25) is 0 Å². The number of fused-ring (bicyclic) bond motifs is 1. The predicted molar refractivity (Wildman–Crippen MR) is 65.1 cm³/mol. The molecule has 0 saturated heterocycles. The summed E-state index contributed by atoms with van der Waals surface area (Å²) in [5, 5.41) is 9.15. The minimum Gasteiger partial charge on any atom is -0.311 e. The molecular formula is C13H10F3N3O. The fourth-order valence-corrected chi connectivity index (χ4v) is 2.35. The molecule has 0 radical (unpaired) electrons. The lowest BCUT2D eigenvalue weighted by atomic mass is 9.87.